The minimum absolute atomic E-state index is 0.0486. The lowest BCUT2D eigenvalue weighted by molar-refractivity contribution is 0.148. The van der Waals surface area contributed by atoms with Crippen molar-refractivity contribution in [1.82, 2.24) is 15.0 Å². The van der Waals surface area contributed by atoms with Crippen molar-refractivity contribution in [3.05, 3.63) is 133 Å². The van der Waals surface area contributed by atoms with Crippen LogP contribution >= 0.6 is 0 Å². The summed E-state index contributed by atoms with van der Waals surface area (Å²) in [6, 6.07) is 46.6. The highest BCUT2D eigenvalue weighted by molar-refractivity contribution is 6.14. The van der Waals surface area contributed by atoms with E-state index in [-0.39, 0.29) is 10.8 Å². The second-order valence-electron chi connectivity index (χ2n) is 14.0. The number of rotatable bonds is 7. The maximum absolute atomic E-state index is 5.09. The molecule has 0 aliphatic rings. The molecule has 7 rings (SSSR count). The molecule has 0 saturated carbocycles. The van der Waals surface area contributed by atoms with Gasteiger partial charge in [0, 0.05) is 28.9 Å². The normalized spacial score (nSPS) is 12.0. The molecule has 0 spiro atoms. The van der Waals surface area contributed by atoms with E-state index in [0.29, 0.717) is 17.5 Å². The number of nitrogens with zero attached hydrogens (tertiary/aromatic N) is 3. The largest absolute Gasteiger partial charge is 0.384 e. The van der Waals surface area contributed by atoms with Crippen molar-refractivity contribution in [2.45, 2.75) is 34.6 Å². The van der Waals surface area contributed by atoms with Crippen LogP contribution in [0.15, 0.2) is 133 Å². The van der Waals surface area contributed by atoms with Crippen molar-refractivity contribution in [3.63, 3.8) is 0 Å². The molecule has 0 aliphatic heterocycles. The SMILES string of the molecule is CC(C)(C)C(C)(C)CNc1cc(-c2nc(-c3ccccc3)nc(-c3ccccc3)n2)cc(-c2cc3ccccc3c3ccccc23)c1. The van der Waals surface area contributed by atoms with Crippen LogP contribution in [0.2, 0.25) is 0 Å². The Labute approximate surface area is 277 Å². The van der Waals surface area contributed by atoms with Gasteiger partial charge in [-0.3, -0.25) is 0 Å². The van der Waals surface area contributed by atoms with Gasteiger partial charge in [0.15, 0.2) is 17.5 Å². The van der Waals surface area contributed by atoms with Crippen LogP contribution in [0.3, 0.4) is 0 Å². The van der Waals surface area contributed by atoms with Crippen molar-refractivity contribution >= 4 is 27.2 Å². The summed E-state index contributed by atoms with van der Waals surface area (Å²) in [4.78, 5) is 15.1. The van der Waals surface area contributed by atoms with E-state index in [1.807, 2.05) is 60.7 Å². The van der Waals surface area contributed by atoms with Crippen molar-refractivity contribution in [1.29, 1.82) is 0 Å². The maximum atomic E-state index is 5.09. The number of anilines is 1. The Morgan fingerprint density at radius 2 is 0.957 bits per heavy atom. The Bertz CT molecular complexity index is 2140. The van der Waals surface area contributed by atoms with E-state index in [1.165, 1.54) is 27.1 Å². The van der Waals surface area contributed by atoms with Gasteiger partial charge < -0.3 is 5.32 Å². The van der Waals surface area contributed by atoms with Crippen molar-refractivity contribution in [3.8, 4) is 45.3 Å². The summed E-state index contributed by atoms with van der Waals surface area (Å²) >= 11 is 0. The van der Waals surface area contributed by atoms with Gasteiger partial charge in [0.1, 0.15) is 0 Å². The molecule has 0 aliphatic carbocycles. The minimum atomic E-state index is 0.0486. The lowest BCUT2D eigenvalue weighted by atomic mass is 9.69. The smallest absolute Gasteiger partial charge is 0.164 e. The van der Waals surface area contributed by atoms with Crippen LogP contribution in [-0.4, -0.2) is 21.5 Å². The number of hydrogen-bond acceptors (Lipinski definition) is 4. The van der Waals surface area contributed by atoms with Gasteiger partial charge in [-0.1, -0.05) is 144 Å². The number of aromatic nitrogens is 3. The first kappa shape index (κ1) is 30.3. The van der Waals surface area contributed by atoms with Gasteiger partial charge in [-0.2, -0.15) is 0 Å². The van der Waals surface area contributed by atoms with E-state index in [1.54, 1.807) is 0 Å². The van der Waals surface area contributed by atoms with Gasteiger partial charge in [-0.05, 0) is 67.8 Å². The molecule has 0 fully saturated rings. The Morgan fingerprint density at radius 1 is 0.468 bits per heavy atom. The lowest BCUT2D eigenvalue weighted by Gasteiger charge is -2.39. The quantitative estimate of drug-likeness (QED) is 0.182. The summed E-state index contributed by atoms with van der Waals surface area (Å²) < 4.78 is 0. The van der Waals surface area contributed by atoms with Crippen molar-refractivity contribution in [2.24, 2.45) is 10.8 Å². The molecular formula is C43H40N4. The molecule has 0 saturated heterocycles. The molecule has 47 heavy (non-hydrogen) atoms. The monoisotopic (exact) mass is 612 g/mol. The average molecular weight is 613 g/mol. The Kier molecular flexibility index (Phi) is 7.81. The summed E-state index contributed by atoms with van der Waals surface area (Å²) in [7, 11) is 0. The fourth-order valence-corrected chi connectivity index (χ4v) is 5.83. The van der Waals surface area contributed by atoms with Gasteiger partial charge in [0.2, 0.25) is 0 Å². The summed E-state index contributed by atoms with van der Waals surface area (Å²) in [5, 5.41) is 8.75. The van der Waals surface area contributed by atoms with E-state index < -0.39 is 0 Å². The zero-order valence-corrected chi connectivity index (χ0v) is 27.8. The van der Waals surface area contributed by atoms with Gasteiger partial charge in [-0.25, -0.2) is 15.0 Å². The third-order valence-electron chi connectivity index (χ3n) is 9.73. The van der Waals surface area contributed by atoms with E-state index in [0.717, 1.165) is 34.5 Å². The number of benzene rings is 6. The fraction of sp³-hybridized carbons (Fsp3) is 0.186. The average Bonchev–Trinajstić information content (AvgIpc) is 3.10. The van der Waals surface area contributed by atoms with Crippen LogP contribution < -0.4 is 5.32 Å². The van der Waals surface area contributed by atoms with Crippen LogP contribution in [0.5, 0.6) is 0 Å². The van der Waals surface area contributed by atoms with Crippen LogP contribution in [0.1, 0.15) is 34.6 Å². The molecule has 0 atom stereocenters. The summed E-state index contributed by atoms with van der Waals surface area (Å²) in [6.45, 7) is 12.4. The highest BCUT2D eigenvalue weighted by Gasteiger charge is 2.32. The Balaban J connectivity index is 1.45. The van der Waals surface area contributed by atoms with Crippen molar-refractivity contribution in [2.75, 3.05) is 11.9 Å². The van der Waals surface area contributed by atoms with Crippen LogP contribution in [-0.2, 0) is 0 Å². The Hall–Kier alpha value is -5.35. The molecule has 4 heteroatoms. The number of fused-ring (bicyclic) bond motifs is 3. The molecule has 1 aromatic heterocycles. The molecule has 0 unspecified atom stereocenters. The van der Waals surface area contributed by atoms with Crippen LogP contribution in [0, 0.1) is 10.8 Å². The molecule has 0 amide bonds. The first-order chi connectivity index (χ1) is 22.7. The molecule has 4 nitrogen and oxygen atoms in total. The highest BCUT2D eigenvalue weighted by Crippen LogP contribution is 2.40. The third kappa shape index (κ3) is 6.12. The summed E-state index contributed by atoms with van der Waals surface area (Å²) in [5.74, 6) is 1.95. The third-order valence-corrected chi connectivity index (χ3v) is 9.73. The summed E-state index contributed by atoms with van der Waals surface area (Å²) in [5.41, 5.74) is 6.35. The maximum Gasteiger partial charge on any atom is 0.164 e. The predicted octanol–water partition coefficient (Wildman–Crippen LogP) is 11.3. The molecule has 7 aromatic rings. The van der Waals surface area contributed by atoms with Gasteiger partial charge in [-0.15, -0.1) is 0 Å². The summed E-state index contributed by atoms with van der Waals surface area (Å²) in [6.07, 6.45) is 0. The zero-order valence-electron chi connectivity index (χ0n) is 27.8. The van der Waals surface area contributed by atoms with Crippen LogP contribution in [0.25, 0.3) is 66.8 Å². The predicted molar refractivity (Wildman–Crippen MR) is 198 cm³/mol. The zero-order chi connectivity index (χ0) is 32.6. The van der Waals surface area contributed by atoms with E-state index in [9.17, 15) is 0 Å². The van der Waals surface area contributed by atoms with Gasteiger partial charge in [0.25, 0.3) is 0 Å². The first-order valence-electron chi connectivity index (χ1n) is 16.3. The molecule has 1 N–H and O–H groups in total. The Morgan fingerprint density at radius 3 is 1.55 bits per heavy atom. The number of nitrogens with one attached hydrogen (secondary N) is 1. The molecule has 0 bridgehead atoms. The van der Waals surface area contributed by atoms with Crippen molar-refractivity contribution < 1.29 is 0 Å². The standard InChI is InChI=1S/C43H40N4/c1-42(2,3)43(4,5)28-44-34-25-32(38-27-31-20-12-13-21-35(31)36-22-14-15-23-37(36)38)24-33(26-34)41-46-39(29-16-8-6-9-17-29)45-40(47-41)30-18-10-7-11-19-30/h6-27,44H,28H2,1-5H3. The first-order valence-corrected chi connectivity index (χ1v) is 16.3. The minimum Gasteiger partial charge on any atom is -0.384 e. The van der Waals surface area contributed by atoms with Gasteiger partial charge in [0.05, 0.1) is 0 Å². The second-order valence-corrected chi connectivity index (χ2v) is 14.0. The van der Waals surface area contributed by atoms with Crippen LogP contribution in [0.4, 0.5) is 5.69 Å². The molecule has 0 radical (unpaired) electrons. The lowest BCUT2D eigenvalue weighted by Crippen LogP contribution is -2.36. The highest BCUT2D eigenvalue weighted by atomic mass is 15.0. The number of hydrogen-bond donors (Lipinski definition) is 1. The molecule has 232 valence electrons. The fourth-order valence-electron chi connectivity index (χ4n) is 5.83. The molecular weight excluding hydrogens is 573 g/mol. The second kappa shape index (κ2) is 12.1. The molecule has 1 heterocycles. The van der Waals surface area contributed by atoms with E-state index in [4.69, 9.17) is 15.0 Å². The topological polar surface area (TPSA) is 50.7 Å². The van der Waals surface area contributed by atoms with Gasteiger partial charge >= 0.3 is 0 Å². The van der Waals surface area contributed by atoms with E-state index >= 15 is 0 Å². The van der Waals surface area contributed by atoms with E-state index in [2.05, 4.69) is 113 Å². The molecule has 6 aromatic carbocycles.